The molecule has 2 rings (SSSR count). The van der Waals surface area contributed by atoms with Crippen molar-refractivity contribution >= 4 is 17.5 Å². The van der Waals surface area contributed by atoms with E-state index in [1.165, 1.54) is 13.2 Å². The summed E-state index contributed by atoms with van der Waals surface area (Å²) in [5.74, 6) is -0.636. The van der Waals surface area contributed by atoms with Crippen LogP contribution in [0.15, 0.2) is 42.5 Å². The molecule has 0 atom stereocenters. The second kappa shape index (κ2) is 7.20. The average Bonchev–Trinajstić information content (AvgIpc) is 2.48. The van der Waals surface area contributed by atoms with Gasteiger partial charge < -0.3 is 10.1 Å². The summed E-state index contributed by atoms with van der Waals surface area (Å²) < 4.78 is 18.6. The fourth-order valence-corrected chi connectivity index (χ4v) is 2.12. The largest absolute Gasteiger partial charge is 0.380 e. The topological polar surface area (TPSA) is 38.3 Å². The van der Waals surface area contributed by atoms with Crippen molar-refractivity contribution in [1.82, 2.24) is 5.32 Å². The molecule has 0 saturated carbocycles. The predicted octanol–water partition coefficient (Wildman–Crippen LogP) is 3.56. The average molecular weight is 308 g/mol. The van der Waals surface area contributed by atoms with E-state index in [1.807, 2.05) is 0 Å². The Morgan fingerprint density at radius 3 is 2.71 bits per heavy atom. The molecule has 5 heteroatoms. The summed E-state index contributed by atoms with van der Waals surface area (Å²) in [6.07, 6.45) is 0. The van der Waals surface area contributed by atoms with Gasteiger partial charge >= 0.3 is 0 Å². The Bertz CT molecular complexity index is 646. The molecule has 0 fully saturated rings. The van der Waals surface area contributed by atoms with Gasteiger partial charge in [-0.3, -0.25) is 4.79 Å². The molecule has 2 aromatic carbocycles. The minimum absolute atomic E-state index is 0.220. The van der Waals surface area contributed by atoms with Gasteiger partial charge in [0.2, 0.25) is 0 Å². The van der Waals surface area contributed by atoms with Crippen LogP contribution in [0.1, 0.15) is 21.5 Å². The maximum atomic E-state index is 13.7. The third kappa shape index (κ3) is 4.03. The first-order valence-electron chi connectivity index (χ1n) is 6.41. The van der Waals surface area contributed by atoms with Crippen molar-refractivity contribution in [2.75, 3.05) is 7.11 Å². The quantitative estimate of drug-likeness (QED) is 0.917. The molecule has 0 spiro atoms. The first kappa shape index (κ1) is 15.5. The fourth-order valence-electron chi connectivity index (χ4n) is 1.90. The molecule has 0 radical (unpaired) electrons. The Morgan fingerprint density at radius 1 is 1.29 bits per heavy atom. The van der Waals surface area contributed by atoms with Crippen LogP contribution < -0.4 is 5.32 Å². The Labute approximate surface area is 127 Å². The summed E-state index contributed by atoms with van der Waals surface area (Å²) in [5.41, 5.74) is 1.56. The van der Waals surface area contributed by atoms with Crippen LogP contribution in [-0.4, -0.2) is 13.0 Å². The SMILES string of the molecule is COCc1ccc(CNC(=O)c2ccccc2Cl)cc1F. The lowest BCUT2D eigenvalue weighted by atomic mass is 10.1. The summed E-state index contributed by atoms with van der Waals surface area (Å²) in [7, 11) is 1.51. The van der Waals surface area contributed by atoms with E-state index in [0.29, 0.717) is 21.7 Å². The lowest BCUT2D eigenvalue weighted by molar-refractivity contribution is 0.0951. The normalized spacial score (nSPS) is 10.4. The number of nitrogens with one attached hydrogen (secondary N) is 1. The van der Waals surface area contributed by atoms with Gasteiger partial charge in [-0.05, 0) is 23.8 Å². The van der Waals surface area contributed by atoms with E-state index in [4.69, 9.17) is 16.3 Å². The monoisotopic (exact) mass is 307 g/mol. The Kier molecular flexibility index (Phi) is 5.31. The summed E-state index contributed by atoms with van der Waals surface area (Å²) >= 11 is 5.95. The van der Waals surface area contributed by atoms with Crippen molar-refractivity contribution in [2.24, 2.45) is 0 Å². The van der Waals surface area contributed by atoms with Gasteiger partial charge in [0.05, 0.1) is 17.2 Å². The minimum atomic E-state index is -0.346. The van der Waals surface area contributed by atoms with Crippen LogP contribution in [0.4, 0.5) is 4.39 Å². The van der Waals surface area contributed by atoms with E-state index in [2.05, 4.69) is 5.32 Å². The summed E-state index contributed by atoms with van der Waals surface area (Å²) in [6.45, 7) is 0.451. The second-order valence-corrected chi connectivity index (χ2v) is 4.93. The van der Waals surface area contributed by atoms with E-state index >= 15 is 0 Å². The molecule has 0 aromatic heterocycles. The molecule has 21 heavy (non-hydrogen) atoms. The number of carbonyl (C=O) groups is 1. The third-order valence-corrected chi connectivity index (χ3v) is 3.32. The molecule has 1 amide bonds. The zero-order valence-electron chi connectivity index (χ0n) is 11.5. The highest BCUT2D eigenvalue weighted by Gasteiger charge is 2.09. The van der Waals surface area contributed by atoms with Crippen molar-refractivity contribution < 1.29 is 13.9 Å². The summed E-state index contributed by atoms with van der Waals surface area (Å²) in [5, 5.41) is 3.10. The molecular formula is C16H15ClFNO2. The molecule has 1 N–H and O–H groups in total. The number of amides is 1. The molecule has 0 aliphatic rings. The van der Waals surface area contributed by atoms with Crippen LogP contribution in [0.2, 0.25) is 5.02 Å². The van der Waals surface area contributed by atoms with Gasteiger partial charge in [-0.25, -0.2) is 4.39 Å². The van der Waals surface area contributed by atoms with Gasteiger partial charge in [-0.2, -0.15) is 0 Å². The zero-order chi connectivity index (χ0) is 15.2. The lowest BCUT2D eigenvalue weighted by Gasteiger charge is -2.08. The number of hydrogen-bond acceptors (Lipinski definition) is 2. The van der Waals surface area contributed by atoms with Crippen LogP contribution in [-0.2, 0) is 17.9 Å². The van der Waals surface area contributed by atoms with Gasteiger partial charge in [0.25, 0.3) is 5.91 Å². The van der Waals surface area contributed by atoms with Crippen LogP contribution in [0, 0.1) is 5.82 Å². The van der Waals surface area contributed by atoms with Crippen molar-refractivity contribution in [3.8, 4) is 0 Å². The van der Waals surface area contributed by atoms with Gasteiger partial charge in [-0.15, -0.1) is 0 Å². The molecule has 0 heterocycles. The summed E-state index contributed by atoms with van der Waals surface area (Å²) in [4.78, 5) is 12.0. The highest BCUT2D eigenvalue weighted by molar-refractivity contribution is 6.33. The lowest BCUT2D eigenvalue weighted by Crippen LogP contribution is -2.23. The number of carbonyl (C=O) groups excluding carboxylic acids is 1. The first-order chi connectivity index (χ1) is 10.1. The minimum Gasteiger partial charge on any atom is -0.380 e. The van der Waals surface area contributed by atoms with Gasteiger partial charge in [-0.1, -0.05) is 35.9 Å². The Hall–Kier alpha value is -1.91. The molecule has 0 unspecified atom stereocenters. The van der Waals surface area contributed by atoms with Gasteiger partial charge in [0, 0.05) is 19.2 Å². The van der Waals surface area contributed by atoms with Crippen molar-refractivity contribution in [3.05, 3.63) is 70.0 Å². The Morgan fingerprint density at radius 2 is 2.05 bits per heavy atom. The van der Waals surface area contributed by atoms with Crippen molar-refractivity contribution in [3.63, 3.8) is 0 Å². The van der Waals surface area contributed by atoms with E-state index in [0.717, 1.165) is 0 Å². The van der Waals surface area contributed by atoms with Crippen LogP contribution >= 0.6 is 11.6 Å². The van der Waals surface area contributed by atoms with Crippen molar-refractivity contribution in [2.45, 2.75) is 13.2 Å². The Balaban J connectivity index is 2.02. The molecule has 0 saturated heterocycles. The van der Waals surface area contributed by atoms with Gasteiger partial charge in [0.15, 0.2) is 0 Å². The van der Waals surface area contributed by atoms with Crippen LogP contribution in [0.25, 0.3) is 0 Å². The molecule has 3 nitrogen and oxygen atoms in total. The molecule has 2 aromatic rings. The van der Waals surface area contributed by atoms with E-state index in [1.54, 1.807) is 36.4 Å². The number of rotatable bonds is 5. The fraction of sp³-hybridized carbons (Fsp3) is 0.188. The summed E-state index contributed by atoms with van der Waals surface area (Å²) in [6, 6.07) is 11.6. The number of hydrogen-bond donors (Lipinski definition) is 1. The molecule has 0 bridgehead atoms. The number of ether oxygens (including phenoxy) is 1. The maximum absolute atomic E-state index is 13.7. The first-order valence-corrected chi connectivity index (χ1v) is 6.78. The van der Waals surface area contributed by atoms with Crippen molar-refractivity contribution in [1.29, 1.82) is 0 Å². The number of halogens is 2. The third-order valence-electron chi connectivity index (χ3n) is 2.99. The van der Waals surface area contributed by atoms with Crippen LogP contribution in [0.5, 0.6) is 0 Å². The second-order valence-electron chi connectivity index (χ2n) is 4.52. The molecular weight excluding hydrogens is 293 g/mol. The van der Waals surface area contributed by atoms with Crippen LogP contribution in [0.3, 0.4) is 0 Å². The standard InChI is InChI=1S/C16H15ClFNO2/c1-21-10-12-7-6-11(8-15(12)18)9-19-16(20)13-4-2-3-5-14(13)17/h2-8H,9-10H2,1H3,(H,19,20). The van der Waals surface area contributed by atoms with E-state index in [-0.39, 0.29) is 24.9 Å². The predicted molar refractivity (Wildman–Crippen MR) is 79.7 cm³/mol. The van der Waals surface area contributed by atoms with E-state index < -0.39 is 0 Å². The molecule has 110 valence electrons. The zero-order valence-corrected chi connectivity index (χ0v) is 12.3. The van der Waals surface area contributed by atoms with Gasteiger partial charge in [0.1, 0.15) is 5.82 Å². The number of benzene rings is 2. The highest BCUT2D eigenvalue weighted by atomic mass is 35.5. The molecule has 0 aliphatic carbocycles. The smallest absolute Gasteiger partial charge is 0.253 e. The highest BCUT2D eigenvalue weighted by Crippen LogP contribution is 2.15. The van der Waals surface area contributed by atoms with E-state index in [9.17, 15) is 9.18 Å². The number of methoxy groups -OCH3 is 1. The maximum Gasteiger partial charge on any atom is 0.253 e. The molecule has 0 aliphatic heterocycles.